The third-order valence-corrected chi connectivity index (χ3v) is 4.23. The van der Waals surface area contributed by atoms with Crippen molar-refractivity contribution in [2.45, 2.75) is 47.0 Å². The lowest BCUT2D eigenvalue weighted by Crippen LogP contribution is -2.39. The van der Waals surface area contributed by atoms with E-state index in [0.29, 0.717) is 5.92 Å². The number of aromatic nitrogens is 1. The molecule has 0 aliphatic heterocycles. The molecule has 0 aliphatic carbocycles. The normalized spacial score (nSPS) is 12.0. The largest absolute Gasteiger partial charge is 0.380 e. The van der Waals surface area contributed by atoms with Crippen LogP contribution in [-0.2, 0) is 11.2 Å². The molecule has 1 rings (SSSR count). The zero-order valence-corrected chi connectivity index (χ0v) is 15.8. The Kier molecular flexibility index (Phi) is 10.6. The molecule has 2 N–H and O–H groups in total. The first-order chi connectivity index (χ1) is 11.1. The van der Waals surface area contributed by atoms with Crippen molar-refractivity contribution < 1.29 is 4.74 Å². The first-order valence-corrected chi connectivity index (χ1v) is 9.50. The number of aryl methyl sites for hydroxylation is 2. The average molecular weight is 341 g/mol. The van der Waals surface area contributed by atoms with E-state index in [1.54, 1.807) is 11.3 Å². The van der Waals surface area contributed by atoms with Gasteiger partial charge in [0.15, 0.2) is 5.96 Å². The minimum atomic E-state index is 0.698. The molecule has 5 nitrogen and oxygen atoms in total. The van der Waals surface area contributed by atoms with Crippen LogP contribution >= 0.6 is 11.3 Å². The molecule has 0 bridgehead atoms. The van der Waals surface area contributed by atoms with Crippen molar-refractivity contribution in [2.24, 2.45) is 10.9 Å². The summed E-state index contributed by atoms with van der Waals surface area (Å²) in [6.07, 6.45) is 3.14. The van der Waals surface area contributed by atoms with E-state index in [-0.39, 0.29) is 0 Å². The molecular weight excluding hydrogens is 308 g/mol. The van der Waals surface area contributed by atoms with Gasteiger partial charge in [0.05, 0.1) is 11.6 Å². The summed E-state index contributed by atoms with van der Waals surface area (Å²) >= 11 is 1.73. The van der Waals surface area contributed by atoms with Gasteiger partial charge in [0.1, 0.15) is 0 Å². The molecule has 1 aromatic heterocycles. The molecule has 23 heavy (non-hydrogen) atoms. The fourth-order valence-corrected chi connectivity index (χ4v) is 2.76. The minimum absolute atomic E-state index is 0.698. The Bertz CT molecular complexity index is 446. The zero-order valence-electron chi connectivity index (χ0n) is 15.0. The average Bonchev–Trinajstić information content (AvgIpc) is 2.92. The number of guanidine groups is 1. The maximum Gasteiger partial charge on any atom is 0.191 e. The van der Waals surface area contributed by atoms with Crippen LogP contribution in [0, 0.1) is 12.8 Å². The van der Waals surface area contributed by atoms with Crippen LogP contribution in [0.1, 0.15) is 44.3 Å². The van der Waals surface area contributed by atoms with Gasteiger partial charge < -0.3 is 15.4 Å². The lowest BCUT2D eigenvalue weighted by atomic mass is 10.1. The molecule has 0 amide bonds. The predicted molar refractivity (Wildman–Crippen MR) is 99.4 cm³/mol. The maximum absolute atomic E-state index is 5.61. The summed E-state index contributed by atoms with van der Waals surface area (Å²) in [6, 6.07) is 0. The lowest BCUT2D eigenvalue weighted by Gasteiger charge is -2.12. The monoisotopic (exact) mass is 340 g/mol. The van der Waals surface area contributed by atoms with Crippen molar-refractivity contribution in [3.05, 3.63) is 16.1 Å². The summed E-state index contributed by atoms with van der Waals surface area (Å²) in [5.74, 6) is 1.57. The highest BCUT2D eigenvalue weighted by Crippen LogP contribution is 2.10. The van der Waals surface area contributed by atoms with Gasteiger partial charge in [-0.25, -0.2) is 4.98 Å². The number of nitrogens with one attached hydrogen (secondary N) is 2. The Morgan fingerprint density at radius 2 is 2.17 bits per heavy atom. The fraction of sp³-hybridized carbons (Fsp3) is 0.765. The molecule has 0 unspecified atom stereocenters. The topological polar surface area (TPSA) is 58.5 Å². The van der Waals surface area contributed by atoms with Gasteiger partial charge in [-0.15, -0.1) is 11.3 Å². The molecule has 0 saturated carbocycles. The summed E-state index contributed by atoms with van der Waals surface area (Å²) in [7, 11) is 0. The van der Waals surface area contributed by atoms with Gasteiger partial charge >= 0.3 is 0 Å². The highest BCUT2D eigenvalue weighted by molar-refractivity contribution is 7.09. The first kappa shape index (κ1) is 19.9. The molecule has 1 heterocycles. The van der Waals surface area contributed by atoms with Crippen LogP contribution in [0.2, 0.25) is 0 Å². The van der Waals surface area contributed by atoms with E-state index in [4.69, 9.17) is 4.74 Å². The van der Waals surface area contributed by atoms with Gasteiger partial charge in [-0.1, -0.05) is 13.8 Å². The van der Waals surface area contributed by atoms with Crippen molar-refractivity contribution >= 4 is 17.3 Å². The minimum Gasteiger partial charge on any atom is -0.380 e. The van der Waals surface area contributed by atoms with Gasteiger partial charge in [0.25, 0.3) is 0 Å². The number of thiazole rings is 1. The number of hydrogen-bond acceptors (Lipinski definition) is 4. The van der Waals surface area contributed by atoms with E-state index in [2.05, 4.69) is 46.8 Å². The van der Waals surface area contributed by atoms with Gasteiger partial charge in [-0.2, -0.15) is 0 Å². The van der Waals surface area contributed by atoms with E-state index in [1.165, 1.54) is 5.01 Å². The number of hydrogen-bond donors (Lipinski definition) is 2. The Hall–Kier alpha value is -1.14. The quantitative estimate of drug-likeness (QED) is 0.369. The van der Waals surface area contributed by atoms with Crippen LogP contribution in [-0.4, -0.2) is 43.8 Å². The van der Waals surface area contributed by atoms with Crippen molar-refractivity contribution in [3.8, 4) is 0 Å². The van der Waals surface area contributed by atoms with Crippen LogP contribution in [0.4, 0.5) is 0 Å². The standard InChI is InChI=1S/C17H32N4OS/c1-5-18-17(20-10-12-22-11-8-14(2)3)19-9-6-7-16-21-15(4)13-23-16/h13-14H,5-12H2,1-4H3,(H2,18,19,20). The van der Waals surface area contributed by atoms with Crippen LogP contribution in [0.15, 0.2) is 10.4 Å². The highest BCUT2D eigenvalue weighted by Gasteiger charge is 2.00. The number of nitrogens with zero attached hydrogens (tertiary/aromatic N) is 2. The van der Waals surface area contributed by atoms with E-state index in [1.807, 2.05) is 6.92 Å². The molecule has 0 radical (unpaired) electrons. The predicted octanol–water partition coefficient (Wildman–Crippen LogP) is 3.00. The third kappa shape index (κ3) is 10.3. The molecular formula is C17H32N4OS. The van der Waals surface area contributed by atoms with Crippen molar-refractivity contribution in [2.75, 3.05) is 32.8 Å². The van der Waals surface area contributed by atoms with E-state index < -0.39 is 0 Å². The van der Waals surface area contributed by atoms with Gasteiger partial charge in [-0.05, 0) is 32.6 Å². The zero-order chi connectivity index (χ0) is 16.9. The van der Waals surface area contributed by atoms with Crippen LogP contribution < -0.4 is 10.6 Å². The van der Waals surface area contributed by atoms with Crippen LogP contribution in [0.3, 0.4) is 0 Å². The van der Waals surface area contributed by atoms with Crippen molar-refractivity contribution in [1.29, 1.82) is 0 Å². The molecule has 1 aromatic rings. The Morgan fingerprint density at radius 1 is 1.35 bits per heavy atom. The SMILES string of the molecule is CCNC(=NCCCc1nc(C)cs1)NCCOCCC(C)C. The molecule has 0 aromatic carbocycles. The van der Waals surface area contributed by atoms with E-state index >= 15 is 0 Å². The van der Waals surface area contributed by atoms with Crippen molar-refractivity contribution in [1.82, 2.24) is 15.6 Å². The molecule has 0 saturated heterocycles. The van der Waals surface area contributed by atoms with Crippen LogP contribution in [0.5, 0.6) is 0 Å². The Morgan fingerprint density at radius 3 is 2.83 bits per heavy atom. The number of rotatable bonds is 11. The Balaban J connectivity index is 2.16. The highest BCUT2D eigenvalue weighted by atomic mass is 32.1. The fourth-order valence-electron chi connectivity index (χ4n) is 1.94. The second-order valence-electron chi connectivity index (χ2n) is 5.97. The summed E-state index contributed by atoms with van der Waals surface area (Å²) in [6.45, 7) is 12.6. The summed E-state index contributed by atoms with van der Waals surface area (Å²) in [4.78, 5) is 9.07. The maximum atomic E-state index is 5.61. The second kappa shape index (κ2) is 12.3. The lowest BCUT2D eigenvalue weighted by molar-refractivity contribution is 0.128. The number of ether oxygens (including phenoxy) is 1. The third-order valence-electron chi connectivity index (χ3n) is 3.21. The molecule has 0 fully saturated rings. The second-order valence-corrected chi connectivity index (χ2v) is 6.91. The van der Waals surface area contributed by atoms with E-state index in [0.717, 1.165) is 63.8 Å². The van der Waals surface area contributed by atoms with Gasteiger partial charge in [0.2, 0.25) is 0 Å². The molecule has 0 aliphatic rings. The smallest absolute Gasteiger partial charge is 0.191 e. The molecule has 0 atom stereocenters. The molecule has 132 valence electrons. The van der Waals surface area contributed by atoms with Gasteiger partial charge in [0, 0.05) is 43.7 Å². The number of aliphatic imine (C=N–C) groups is 1. The van der Waals surface area contributed by atoms with Crippen LogP contribution in [0.25, 0.3) is 0 Å². The van der Waals surface area contributed by atoms with Gasteiger partial charge in [-0.3, -0.25) is 4.99 Å². The molecule has 0 spiro atoms. The first-order valence-electron chi connectivity index (χ1n) is 8.62. The molecule has 6 heteroatoms. The summed E-state index contributed by atoms with van der Waals surface area (Å²) in [5.41, 5.74) is 1.11. The summed E-state index contributed by atoms with van der Waals surface area (Å²) < 4.78 is 5.61. The summed E-state index contributed by atoms with van der Waals surface area (Å²) in [5, 5.41) is 9.88. The Labute approximate surface area is 145 Å². The van der Waals surface area contributed by atoms with Crippen molar-refractivity contribution in [3.63, 3.8) is 0 Å². The van der Waals surface area contributed by atoms with E-state index in [9.17, 15) is 0 Å².